The fourth-order valence-corrected chi connectivity index (χ4v) is 5.39. The third-order valence-corrected chi connectivity index (χ3v) is 7.80. The Labute approximate surface area is 249 Å². The highest BCUT2D eigenvalue weighted by Crippen LogP contribution is 2.50. The van der Waals surface area contributed by atoms with Crippen LogP contribution in [0.25, 0.3) is 23.4 Å². The molecule has 5 aromatic rings. The maximum atomic E-state index is 13.0. The van der Waals surface area contributed by atoms with E-state index in [-0.39, 0.29) is 26.4 Å². The molecular formula is C31H32N3O8P. The molecule has 0 aliphatic carbocycles. The lowest BCUT2D eigenvalue weighted by Gasteiger charge is -2.13. The van der Waals surface area contributed by atoms with E-state index in [1.807, 2.05) is 42.5 Å². The van der Waals surface area contributed by atoms with Crippen molar-refractivity contribution in [2.75, 3.05) is 20.3 Å². The molecule has 0 aliphatic rings. The molecule has 0 radical (unpaired) electrons. The van der Waals surface area contributed by atoms with Crippen LogP contribution in [0.3, 0.4) is 0 Å². The fraction of sp³-hybridized carbons (Fsp3) is 0.226. The number of hydrogen-bond acceptors (Lipinski definition) is 10. The van der Waals surface area contributed by atoms with Crippen LogP contribution in [0, 0.1) is 0 Å². The van der Waals surface area contributed by atoms with E-state index < -0.39 is 7.60 Å². The number of hydrogen-bond donors (Lipinski definition) is 0. The van der Waals surface area contributed by atoms with E-state index in [0.29, 0.717) is 40.3 Å². The molecule has 12 heteroatoms. The predicted octanol–water partition coefficient (Wildman–Crippen LogP) is 7.52. The number of methoxy groups -OCH3 is 1. The highest BCUT2D eigenvalue weighted by Gasteiger charge is 2.20. The molecule has 0 bridgehead atoms. The minimum absolute atomic E-state index is 0.177. The van der Waals surface area contributed by atoms with Crippen molar-refractivity contribution in [3.63, 3.8) is 0 Å². The van der Waals surface area contributed by atoms with Gasteiger partial charge in [0.2, 0.25) is 5.88 Å². The summed E-state index contributed by atoms with van der Waals surface area (Å²) in [5.74, 6) is 3.76. The van der Waals surface area contributed by atoms with Crippen molar-refractivity contribution < 1.29 is 36.7 Å². The number of nitrogens with zero attached hydrogens (tertiary/aromatic N) is 3. The normalized spacial score (nSPS) is 11.7. The zero-order valence-corrected chi connectivity index (χ0v) is 24.9. The quantitative estimate of drug-likeness (QED) is 0.111. The summed E-state index contributed by atoms with van der Waals surface area (Å²) in [5, 5.41) is 4.63. The summed E-state index contributed by atoms with van der Waals surface area (Å²) >= 11 is 0. The molecule has 3 heterocycles. The third kappa shape index (κ3) is 7.64. The minimum atomic E-state index is -3.42. The lowest BCUT2D eigenvalue weighted by molar-refractivity contribution is 0.229. The molecule has 0 aliphatic heterocycles. The van der Waals surface area contributed by atoms with E-state index in [9.17, 15) is 4.57 Å². The van der Waals surface area contributed by atoms with Gasteiger partial charge in [-0.15, -0.1) is 5.10 Å². The van der Waals surface area contributed by atoms with Crippen LogP contribution in [0.2, 0.25) is 0 Å². The topological polar surface area (TPSA) is 120 Å². The predicted molar refractivity (Wildman–Crippen MR) is 159 cm³/mol. The maximum absolute atomic E-state index is 13.0. The van der Waals surface area contributed by atoms with Gasteiger partial charge >= 0.3 is 7.60 Å². The lowest BCUT2D eigenvalue weighted by atomic mass is 10.2. The molecule has 0 fully saturated rings. The van der Waals surface area contributed by atoms with Gasteiger partial charge in [0.25, 0.3) is 5.89 Å². The Hall–Kier alpha value is -4.57. The number of rotatable bonds is 15. The van der Waals surface area contributed by atoms with E-state index >= 15 is 0 Å². The van der Waals surface area contributed by atoms with Gasteiger partial charge < -0.3 is 32.1 Å². The minimum Gasteiger partial charge on any atom is -0.493 e. The van der Waals surface area contributed by atoms with Gasteiger partial charge in [-0.3, -0.25) is 4.57 Å². The average Bonchev–Trinajstić information content (AvgIpc) is 3.80. The number of para-hydroxylation sites is 1. The SMILES string of the molecule is CCOP(=O)(/C=C/c1cn(-c2ccccc2)nc1OCc1ccc(OCc2coc(-c3ccco3)n2)c(OC)c1)OCC. The molecule has 3 aromatic heterocycles. The molecule has 0 saturated carbocycles. The van der Waals surface area contributed by atoms with Crippen LogP contribution < -0.4 is 14.2 Å². The number of oxazole rings is 1. The first-order valence-electron chi connectivity index (χ1n) is 13.6. The lowest BCUT2D eigenvalue weighted by Crippen LogP contribution is -2.01. The summed E-state index contributed by atoms with van der Waals surface area (Å²) in [6.45, 7) is 4.39. The molecule has 5 rings (SSSR count). The fourth-order valence-electron chi connectivity index (χ4n) is 4.08. The van der Waals surface area contributed by atoms with Gasteiger partial charge in [0, 0.05) is 12.0 Å². The molecule has 0 spiro atoms. The van der Waals surface area contributed by atoms with Gasteiger partial charge in [0.15, 0.2) is 17.3 Å². The second kappa shape index (κ2) is 14.1. The van der Waals surface area contributed by atoms with Gasteiger partial charge in [0.05, 0.1) is 37.8 Å². The van der Waals surface area contributed by atoms with Crippen molar-refractivity contribution in [2.45, 2.75) is 27.1 Å². The van der Waals surface area contributed by atoms with Crippen molar-refractivity contribution in [2.24, 2.45) is 0 Å². The Kier molecular flexibility index (Phi) is 9.78. The van der Waals surface area contributed by atoms with Crippen LogP contribution in [0.15, 0.2) is 94.0 Å². The first-order valence-corrected chi connectivity index (χ1v) is 15.3. The Morgan fingerprint density at radius 1 is 0.930 bits per heavy atom. The molecule has 0 atom stereocenters. The molecule has 224 valence electrons. The summed E-state index contributed by atoms with van der Waals surface area (Å²) in [6.07, 6.45) is 6.52. The molecular weight excluding hydrogens is 573 g/mol. The Balaban J connectivity index is 1.30. The van der Waals surface area contributed by atoms with Crippen LogP contribution in [-0.4, -0.2) is 35.1 Å². The highest BCUT2D eigenvalue weighted by molar-refractivity contribution is 7.57. The third-order valence-electron chi connectivity index (χ3n) is 6.05. The average molecular weight is 606 g/mol. The van der Waals surface area contributed by atoms with Crippen LogP contribution in [-0.2, 0) is 26.8 Å². The van der Waals surface area contributed by atoms with E-state index in [0.717, 1.165) is 11.3 Å². The summed E-state index contributed by atoms with van der Waals surface area (Å²) in [6, 6.07) is 18.7. The Morgan fingerprint density at radius 3 is 2.47 bits per heavy atom. The highest BCUT2D eigenvalue weighted by atomic mass is 31.2. The maximum Gasteiger partial charge on any atom is 0.354 e. The van der Waals surface area contributed by atoms with Gasteiger partial charge in [-0.2, -0.15) is 0 Å². The van der Waals surface area contributed by atoms with Gasteiger partial charge in [-0.05, 0) is 61.9 Å². The summed E-state index contributed by atoms with van der Waals surface area (Å²) in [5.41, 5.74) is 2.88. The molecule has 0 unspecified atom stereocenters. The van der Waals surface area contributed by atoms with Crippen molar-refractivity contribution in [3.05, 3.63) is 102 Å². The summed E-state index contributed by atoms with van der Waals surface area (Å²) in [7, 11) is -1.85. The van der Waals surface area contributed by atoms with Crippen LogP contribution >= 0.6 is 7.60 Å². The number of benzene rings is 2. The molecule has 0 amide bonds. The van der Waals surface area contributed by atoms with Gasteiger partial charge in [-0.1, -0.05) is 24.3 Å². The number of furan rings is 1. The summed E-state index contributed by atoms with van der Waals surface area (Å²) in [4.78, 5) is 4.39. The first kappa shape index (κ1) is 29.9. The van der Waals surface area contributed by atoms with Crippen molar-refractivity contribution in [1.29, 1.82) is 0 Å². The monoisotopic (exact) mass is 605 g/mol. The Morgan fingerprint density at radius 2 is 1.74 bits per heavy atom. The van der Waals surface area contributed by atoms with Gasteiger partial charge in [-0.25, -0.2) is 9.67 Å². The largest absolute Gasteiger partial charge is 0.493 e. The second-order valence-corrected chi connectivity index (χ2v) is 10.9. The van der Waals surface area contributed by atoms with Crippen molar-refractivity contribution in [3.8, 4) is 34.7 Å². The zero-order valence-electron chi connectivity index (χ0n) is 24.0. The van der Waals surface area contributed by atoms with Crippen molar-refractivity contribution >= 4 is 13.7 Å². The van der Waals surface area contributed by atoms with Crippen LogP contribution in [0.4, 0.5) is 0 Å². The summed E-state index contributed by atoms with van der Waals surface area (Å²) < 4.78 is 53.9. The molecule has 0 saturated heterocycles. The number of ether oxygens (including phenoxy) is 3. The molecule has 43 heavy (non-hydrogen) atoms. The van der Waals surface area contributed by atoms with E-state index in [1.165, 1.54) is 12.1 Å². The standard InChI is InChI=1S/C31H32N3O8P/c1-4-41-43(35,42-5-2)17-15-24-19-34(26-10-7-6-8-11-26)33-30(24)39-20-23-13-14-27(29(18-23)36-3)38-21-25-22-40-31(32-25)28-12-9-16-37-28/h6-19,22H,4-5,20-21H2,1-3H3/b17-15+. The zero-order chi connectivity index (χ0) is 30.1. The van der Waals surface area contributed by atoms with E-state index in [2.05, 4.69) is 10.1 Å². The van der Waals surface area contributed by atoms with Crippen LogP contribution in [0.5, 0.6) is 17.4 Å². The molecule has 11 nitrogen and oxygen atoms in total. The van der Waals surface area contributed by atoms with E-state index in [4.69, 9.17) is 32.1 Å². The van der Waals surface area contributed by atoms with Gasteiger partial charge in [0.1, 0.15) is 25.2 Å². The van der Waals surface area contributed by atoms with Crippen LogP contribution in [0.1, 0.15) is 30.7 Å². The smallest absolute Gasteiger partial charge is 0.354 e. The van der Waals surface area contributed by atoms with Crippen molar-refractivity contribution in [1.82, 2.24) is 14.8 Å². The second-order valence-electron chi connectivity index (χ2n) is 9.04. The molecule has 2 aromatic carbocycles. The number of aromatic nitrogens is 3. The van der Waals surface area contributed by atoms with E-state index in [1.54, 1.807) is 62.4 Å². The Bertz CT molecular complexity index is 1670. The molecule has 0 N–H and O–H groups in total. The first-order chi connectivity index (χ1) is 21.0.